The number of ether oxygens (including phenoxy) is 1. The molecule has 2 aromatic rings. The maximum absolute atomic E-state index is 13.5. The Morgan fingerprint density at radius 2 is 2.33 bits per heavy atom. The normalized spacial score (nSPS) is 9.83. The summed E-state index contributed by atoms with van der Waals surface area (Å²) < 4.78 is 18.8. The molecule has 90 valence electrons. The highest BCUT2D eigenvalue weighted by molar-refractivity contribution is 5.66. The summed E-state index contributed by atoms with van der Waals surface area (Å²) in [6, 6.07) is 6.40. The zero-order chi connectivity index (χ0) is 13.0. The van der Waals surface area contributed by atoms with E-state index in [-0.39, 0.29) is 5.69 Å². The minimum atomic E-state index is -0.686. The van der Waals surface area contributed by atoms with Crippen molar-refractivity contribution in [2.75, 3.05) is 6.61 Å². The van der Waals surface area contributed by atoms with Crippen molar-refractivity contribution >= 4 is 0 Å². The standard InChI is InChI=1S/C13H10FN3O/c1-2-18-12-6-10(14)11(7-15)17-13(12)9-4-3-5-16-8-9/h3-6,8H,2H2,1H3. The van der Waals surface area contributed by atoms with Crippen molar-refractivity contribution in [2.45, 2.75) is 6.92 Å². The number of nitriles is 1. The number of rotatable bonds is 3. The number of aromatic nitrogens is 2. The van der Waals surface area contributed by atoms with E-state index in [4.69, 9.17) is 10.00 Å². The van der Waals surface area contributed by atoms with Crippen molar-refractivity contribution in [2.24, 2.45) is 0 Å². The maximum atomic E-state index is 13.5. The average Bonchev–Trinajstić information content (AvgIpc) is 2.40. The molecule has 0 aliphatic heterocycles. The first-order chi connectivity index (χ1) is 8.76. The van der Waals surface area contributed by atoms with Gasteiger partial charge in [0.15, 0.2) is 11.5 Å². The van der Waals surface area contributed by atoms with E-state index in [1.807, 2.05) is 0 Å². The largest absolute Gasteiger partial charge is 0.491 e. The fraction of sp³-hybridized carbons (Fsp3) is 0.154. The van der Waals surface area contributed by atoms with Gasteiger partial charge in [0.2, 0.25) is 0 Å². The van der Waals surface area contributed by atoms with Crippen molar-refractivity contribution in [3.63, 3.8) is 0 Å². The highest BCUT2D eigenvalue weighted by Crippen LogP contribution is 2.29. The molecule has 18 heavy (non-hydrogen) atoms. The summed E-state index contributed by atoms with van der Waals surface area (Å²) in [4.78, 5) is 7.95. The minimum absolute atomic E-state index is 0.252. The fourth-order valence-electron chi connectivity index (χ4n) is 1.53. The summed E-state index contributed by atoms with van der Waals surface area (Å²) in [5, 5.41) is 8.80. The molecule has 0 radical (unpaired) electrons. The van der Waals surface area contributed by atoms with Gasteiger partial charge in [0.1, 0.15) is 17.5 Å². The van der Waals surface area contributed by atoms with Crippen LogP contribution in [0.15, 0.2) is 30.6 Å². The molecule has 2 rings (SSSR count). The molecule has 0 N–H and O–H groups in total. The van der Waals surface area contributed by atoms with Crippen molar-refractivity contribution < 1.29 is 9.13 Å². The molecule has 0 amide bonds. The van der Waals surface area contributed by atoms with Crippen LogP contribution >= 0.6 is 0 Å². The molecule has 0 atom stereocenters. The van der Waals surface area contributed by atoms with Crippen LogP contribution in [0.1, 0.15) is 12.6 Å². The summed E-state index contributed by atoms with van der Waals surface area (Å²) >= 11 is 0. The van der Waals surface area contributed by atoms with Crippen LogP contribution in [0.25, 0.3) is 11.3 Å². The molecular weight excluding hydrogens is 233 g/mol. The van der Waals surface area contributed by atoms with Gasteiger partial charge in [-0.05, 0) is 19.1 Å². The third-order valence-corrected chi connectivity index (χ3v) is 2.28. The van der Waals surface area contributed by atoms with Gasteiger partial charge in [0, 0.05) is 24.0 Å². The van der Waals surface area contributed by atoms with E-state index in [9.17, 15) is 4.39 Å². The van der Waals surface area contributed by atoms with Crippen LogP contribution in [0.3, 0.4) is 0 Å². The predicted octanol–water partition coefficient (Wildman–Crippen LogP) is 2.55. The van der Waals surface area contributed by atoms with Gasteiger partial charge in [-0.2, -0.15) is 5.26 Å². The van der Waals surface area contributed by atoms with Gasteiger partial charge in [0.25, 0.3) is 0 Å². The van der Waals surface area contributed by atoms with E-state index in [0.717, 1.165) is 0 Å². The van der Waals surface area contributed by atoms with E-state index in [1.54, 1.807) is 37.5 Å². The van der Waals surface area contributed by atoms with Crippen LogP contribution < -0.4 is 4.74 Å². The quantitative estimate of drug-likeness (QED) is 0.831. The van der Waals surface area contributed by atoms with Crippen LogP contribution in [0.5, 0.6) is 5.75 Å². The summed E-state index contributed by atoms with van der Waals surface area (Å²) in [5.41, 5.74) is 0.845. The molecule has 0 bridgehead atoms. The Morgan fingerprint density at radius 3 is 2.94 bits per heavy atom. The van der Waals surface area contributed by atoms with E-state index in [1.165, 1.54) is 6.07 Å². The Morgan fingerprint density at radius 1 is 1.50 bits per heavy atom. The Balaban J connectivity index is 2.60. The van der Waals surface area contributed by atoms with Crippen molar-refractivity contribution in [1.29, 1.82) is 5.26 Å². The summed E-state index contributed by atoms with van der Waals surface area (Å²) in [5.74, 6) is -0.379. The molecule has 4 nitrogen and oxygen atoms in total. The van der Waals surface area contributed by atoms with Crippen LogP contribution in [0.2, 0.25) is 0 Å². The molecule has 2 heterocycles. The monoisotopic (exact) mass is 243 g/mol. The number of hydrogen-bond donors (Lipinski definition) is 0. The lowest BCUT2D eigenvalue weighted by Crippen LogP contribution is -2.00. The highest BCUT2D eigenvalue weighted by atomic mass is 19.1. The van der Waals surface area contributed by atoms with E-state index in [0.29, 0.717) is 23.6 Å². The third-order valence-electron chi connectivity index (χ3n) is 2.28. The summed E-state index contributed by atoms with van der Waals surface area (Å²) in [6.07, 6.45) is 3.21. The Bertz CT molecular complexity index is 593. The second kappa shape index (κ2) is 5.23. The second-order valence-electron chi connectivity index (χ2n) is 3.45. The zero-order valence-electron chi connectivity index (χ0n) is 9.72. The first-order valence-corrected chi connectivity index (χ1v) is 5.40. The van der Waals surface area contributed by atoms with Gasteiger partial charge in [-0.1, -0.05) is 0 Å². The molecule has 0 saturated carbocycles. The molecule has 0 saturated heterocycles. The fourth-order valence-corrected chi connectivity index (χ4v) is 1.53. The minimum Gasteiger partial charge on any atom is -0.491 e. The van der Waals surface area contributed by atoms with Crippen LogP contribution in [-0.2, 0) is 0 Å². The van der Waals surface area contributed by atoms with Crippen LogP contribution in [0, 0.1) is 17.1 Å². The molecular formula is C13H10FN3O. The number of halogens is 1. The number of pyridine rings is 2. The summed E-state index contributed by atoms with van der Waals surface area (Å²) in [7, 11) is 0. The molecule has 5 heteroatoms. The van der Waals surface area contributed by atoms with Crippen molar-refractivity contribution in [3.05, 3.63) is 42.1 Å². The molecule has 2 aromatic heterocycles. The van der Waals surface area contributed by atoms with E-state index in [2.05, 4.69) is 9.97 Å². The first-order valence-electron chi connectivity index (χ1n) is 5.40. The third kappa shape index (κ3) is 2.28. The Kier molecular flexibility index (Phi) is 3.49. The second-order valence-corrected chi connectivity index (χ2v) is 3.45. The molecule has 0 aliphatic rings. The van der Waals surface area contributed by atoms with Gasteiger partial charge in [-0.25, -0.2) is 9.37 Å². The van der Waals surface area contributed by atoms with E-state index >= 15 is 0 Å². The molecule has 0 aliphatic carbocycles. The zero-order valence-corrected chi connectivity index (χ0v) is 9.72. The molecule has 0 unspecified atom stereocenters. The lowest BCUT2D eigenvalue weighted by atomic mass is 10.1. The molecule has 0 spiro atoms. The Hall–Kier alpha value is -2.48. The first kappa shape index (κ1) is 12.0. The van der Waals surface area contributed by atoms with Crippen molar-refractivity contribution in [1.82, 2.24) is 9.97 Å². The van der Waals surface area contributed by atoms with Crippen molar-refractivity contribution in [3.8, 4) is 23.1 Å². The van der Waals surface area contributed by atoms with Gasteiger partial charge in [-0.3, -0.25) is 4.98 Å². The number of nitrogens with zero attached hydrogens (tertiary/aromatic N) is 3. The SMILES string of the molecule is CCOc1cc(F)c(C#N)nc1-c1cccnc1. The topological polar surface area (TPSA) is 58.8 Å². The smallest absolute Gasteiger partial charge is 0.177 e. The van der Waals surface area contributed by atoms with Gasteiger partial charge in [0.05, 0.1) is 6.61 Å². The molecule has 0 fully saturated rings. The lowest BCUT2D eigenvalue weighted by molar-refractivity contribution is 0.338. The Labute approximate surface area is 104 Å². The average molecular weight is 243 g/mol. The highest BCUT2D eigenvalue weighted by Gasteiger charge is 2.14. The van der Waals surface area contributed by atoms with Gasteiger partial charge in [-0.15, -0.1) is 0 Å². The van der Waals surface area contributed by atoms with Crippen LogP contribution in [-0.4, -0.2) is 16.6 Å². The maximum Gasteiger partial charge on any atom is 0.177 e. The molecule has 0 aromatic carbocycles. The summed E-state index contributed by atoms with van der Waals surface area (Å²) in [6.45, 7) is 2.18. The van der Waals surface area contributed by atoms with Crippen LogP contribution in [0.4, 0.5) is 4.39 Å². The lowest BCUT2D eigenvalue weighted by Gasteiger charge is -2.09. The number of hydrogen-bond acceptors (Lipinski definition) is 4. The van der Waals surface area contributed by atoms with Gasteiger partial charge >= 0.3 is 0 Å². The van der Waals surface area contributed by atoms with Gasteiger partial charge < -0.3 is 4.74 Å². The van der Waals surface area contributed by atoms with E-state index < -0.39 is 5.82 Å². The predicted molar refractivity (Wildman–Crippen MR) is 63.3 cm³/mol.